The zero-order chi connectivity index (χ0) is 28.2. The maximum absolute atomic E-state index is 12.8. The molecule has 5 atom stereocenters. The summed E-state index contributed by atoms with van der Waals surface area (Å²) >= 11 is 1.04. The van der Waals surface area contributed by atoms with Crippen LogP contribution in [-0.4, -0.2) is 71.7 Å². The van der Waals surface area contributed by atoms with Gasteiger partial charge in [0.25, 0.3) is 0 Å². The first kappa shape index (κ1) is 28.9. The zero-order valence-corrected chi connectivity index (χ0v) is 23.3. The number of nitrogens with zero attached hydrogens (tertiary/aromatic N) is 1. The molecule has 1 saturated heterocycles. The topological polar surface area (TPSA) is 122 Å². The molecule has 0 unspecified atom stereocenters. The first-order chi connectivity index (χ1) is 18.6. The lowest BCUT2D eigenvalue weighted by molar-refractivity contribution is -0.209. The molecule has 1 N–H and O–H groups in total. The number of thioether (sulfide) groups is 1. The average molecular weight is 560 g/mol. The van der Waals surface area contributed by atoms with Gasteiger partial charge in [-0.15, -0.1) is 0 Å². The average Bonchev–Trinajstić information content (AvgIpc) is 3.34. The summed E-state index contributed by atoms with van der Waals surface area (Å²) in [5.41, 5.74) is 0.193. The van der Waals surface area contributed by atoms with Crippen molar-refractivity contribution in [3.05, 3.63) is 59.7 Å². The third-order valence-electron chi connectivity index (χ3n) is 6.03. The Bertz CT molecular complexity index is 1180. The quantitative estimate of drug-likeness (QED) is 0.430. The number of hydrogen-bond acceptors (Lipinski definition) is 10. The van der Waals surface area contributed by atoms with Gasteiger partial charge in [-0.25, -0.2) is 9.59 Å². The van der Waals surface area contributed by atoms with Crippen LogP contribution in [0.5, 0.6) is 11.5 Å². The molecular formula is C28H33NO9S. The van der Waals surface area contributed by atoms with Crippen molar-refractivity contribution in [3.63, 3.8) is 0 Å². The second kappa shape index (κ2) is 12.4. The molecule has 0 bridgehead atoms. The highest BCUT2D eigenvalue weighted by Gasteiger charge is 2.54. The van der Waals surface area contributed by atoms with E-state index in [0.29, 0.717) is 11.5 Å². The highest BCUT2D eigenvalue weighted by atomic mass is 32.2. The molecule has 0 spiro atoms. The predicted molar refractivity (Wildman–Crippen MR) is 144 cm³/mol. The summed E-state index contributed by atoms with van der Waals surface area (Å²) in [6.45, 7) is 5.56. The van der Waals surface area contributed by atoms with Gasteiger partial charge >= 0.3 is 11.9 Å². The van der Waals surface area contributed by atoms with E-state index in [0.717, 1.165) is 22.9 Å². The number of methoxy groups -OCH3 is 2. The van der Waals surface area contributed by atoms with Crippen LogP contribution in [0.2, 0.25) is 0 Å². The van der Waals surface area contributed by atoms with E-state index in [1.165, 1.54) is 0 Å². The Labute approximate surface area is 231 Å². The third kappa shape index (κ3) is 7.30. The molecule has 0 aromatic heterocycles. The number of aliphatic carboxylic acids is 1. The van der Waals surface area contributed by atoms with Gasteiger partial charge < -0.3 is 33.5 Å². The Morgan fingerprint density at radius 1 is 0.897 bits per heavy atom. The molecule has 0 saturated carbocycles. The second-order valence-electron chi connectivity index (χ2n) is 10.1. The number of carboxylic acid groups (broad SMARTS) is 1. The van der Waals surface area contributed by atoms with Crippen LogP contribution in [0.15, 0.2) is 53.5 Å². The Kier molecular flexibility index (Phi) is 9.16. The summed E-state index contributed by atoms with van der Waals surface area (Å²) in [5.74, 6) is -0.395. The van der Waals surface area contributed by atoms with Crippen molar-refractivity contribution in [1.29, 1.82) is 0 Å². The van der Waals surface area contributed by atoms with Gasteiger partial charge in [0.1, 0.15) is 40.8 Å². The molecule has 2 aliphatic heterocycles. The zero-order valence-electron chi connectivity index (χ0n) is 22.5. The Morgan fingerprint density at radius 3 is 1.87 bits per heavy atom. The summed E-state index contributed by atoms with van der Waals surface area (Å²) in [4.78, 5) is 29.7. The fourth-order valence-corrected chi connectivity index (χ4v) is 5.23. The molecule has 4 rings (SSSR count). The minimum Gasteiger partial charge on any atom is -0.497 e. The van der Waals surface area contributed by atoms with E-state index < -0.39 is 47.3 Å². The molecule has 11 heteroatoms. The fourth-order valence-electron chi connectivity index (χ4n) is 4.16. The van der Waals surface area contributed by atoms with E-state index in [9.17, 15) is 14.7 Å². The van der Waals surface area contributed by atoms with E-state index in [1.54, 1.807) is 47.1 Å². The molecule has 2 heterocycles. The van der Waals surface area contributed by atoms with Gasteiger partial charge in [-0.2, -0.15) is 0 Å². The minimum atomic E-state index is -1.34. The SMILES string of the molecule is COc1ccc(CO[C@@H]2[C@H]3N=C(C(=O)OC(C)(C)C)S[C@H]3O[C@H](C(=O)O)[C@H]2OCc2ccc(OC)cc2)cc1. The summed E-state index contributed by atoms with van der Waals surface area (Å²) in [5, 5.41) is 10.2. The smallest absolute Gasteiger partial charge is 0.363 e. The summed E-state index contributed by atoms with van der Waals surface area (Å²) < 4.78 is 34.3. The number of hydrogen-bond donors (Lipinski definition) is 1. The van der Waals surface area contributed by atoms with Crippen LogP contribution in [0.1, 0.15) is 31.9 Å². The van der Waals surface area contributed by atoms with E-state index >= 15 is 0 Å². The van der Waals surface area contributed by atoms with Crippen LogP contribution in [0.4, 0.5) is 0 Å². The number of benzene rings is 2. The molecule has 210 valence electrons. The van der Waals surface area contributed by atoms with Gasteiger partial charge in [0.05, 0.1) is 27.4 Å². The van der Waals surface area contributed by atoms with Crippen molar-refractivity contribution in [2.75, 3.05) is 14.2 Å². The number of rotatable bonds is 10. The molecule has 0 amide bonds. The van der Waals surface area contributed by atoms with E-state index in [1.807, 2.05) is 36.4 Å². The van der Waals surface area contributed by atoms with Crippen LogP contribution in [0, 0.1) is 0 Å². The van der Waals surface area contributed by atoms with E-state index in [2.05, 4.69) is 4.99 Å². The monoisotopic (exact) mass is 559 g/mol. The van der Waals surface area contributed by atoms with Crippen LogP contribution in [0.25, 0.3) is 0 Å². The predicted octanol–water partition coefficient (Wildman–Crippen LogP) is 3.84. The molecule has 0 aliphatic carbocycles. The van der Waals surface area contributed by atoms with Gasteiger partial charge in [0.2, 0.25) is 0 Å². The van der Waals surface area contributed by atoms with Crippen molar-refractivity contribution in [2.45, 2.75) is 69.4 Å². The second-order valence-corrected chi connectivity index (χ2v) is 11.1. The van der Waals surface area contributed by atoms with Gasteiger partial charge in [0, 0.05) is 0 Å². The highest BCUT2D eigenvalue weighted by Crippen LogP contribution is 2.40. The van der Waals surface area contributed by atoms with E-state index in [4.69, 9.17) is 28.4 Å². The van der Waals surface area contributed by atoms with Crippen LogP contribution >= 0.6 is 11.8 Å². The molecule has 1 fully saturated rings. The van der Waals surface area contributed by atoms with E-state index in [-0.39, 0.29) is 18.3 Å². The normalized spacial score (nSPS) is 24.4. The standard InChI is InChI=1S/C28H33NO9S/c1-28(2,3)38-26(32)24-29-20-21(35-14-16-6-10-18(33-4)11-7-16)22(23(25(30)31)37-27(20)39-24)36-15-17-8-12-19(34-5)13-9-17/h6-13,20-23,27H,14-15H2,1-5H3,(H,30,31)/t20-,21-,22+,23+,27-/m1/s1. The van der Waals surface area contributed by atoms with Crippen LogP contribution in [-0.2, 0) is 41.8 Å². The van der Waals surface area contributed by atoms with Crippen molar-refractivity contribution in [3.8, 4) is 11.5 Å². The maximum Gasteiger partial charge on any atom is 0.363 e. The molecule has 10 nitrogen and oxygen atoms in total. The fraction of sp³-hybridized carbons (Fsp3) is 0.464. The molecule has 39 heavy (non-hydrogen) atoms. The number of esters is 1. The molecule has 2 aromatic rings. The number of aliphatic imine (C=N–C) groups is 1. The summed E-state index contributed by atoms with van der Waals surface area (Å²) in [6, 6.07) is 13.9. The van der Waals surface area contributed by atoms with Crippen molar-refractivity contribution in [1.82, 2.24) is 0 Å². The lowest BCUT2D eigenvalue weighted by atomic mass is 9.97. The van der Waals surface area contributed by atoms with Gasteiger partial charge in [-0.05, 0) is 56.2 Å². The summed E-state index contributed by atoms with van der Waals surface area (Å²) in [6.07, 6.45) is -3.17. The maximum atomic E-state index is 12.8. The Hall–Kier alpha value is -3.12. The molecule has 2 aromatic carbocycles. The number of carboxylic acids is 1. The highest BCUT2D eigenvalue weighted by molar-refractivity contribution is 8.16. The van der Waals surface area contributed by atoms with Gasteiger partial charge in [-0.1, -0.05) is 36.0 Å². The van der Waals surface area contributed by atoms with Crippen LogP contribution in [0.3, 0.4) is 0 Å². The third-order valence-corrected chi connectivity index (χ3v) is 7.15. The Morgan fingerprint density at radius 2 is 1.41 bits per heavy atom. The molecule has 2 aliphatic rings. The van der Waals surface area contributed by atoms with Crippen molar-refractivity contribution >= 4 is 28.7 Å². The lowest BCUT2D eigenvalue weighted by Gasteiger charge is -2.41. The number of fused-ring (bicyclic) bond motifs is 1. The minimum absolute atomic E-state index is 0.108. The molecular weight excluding hydrogens is 526 g/mol. The first-order valence-electron chi connectivity index (χ1n) is 12.4. The lowest BCUT2D eigenvalue weighted by Crippen LogP contribution is -2.59. The van der Waals surface area contributed by atoms with Crippen LogP contribution < -0.4 is 9.47 Å². The number of ether oxygens (including phenoxy) is 6. The largest absolute Gasteiger partial charge is 0.497 e. The van der Waals surface area contributed by atoms with Crippen molar-refractivity contribution < 1.29 is 43.1 Å². The Balaban J connectivity index is 1.60. The van der Waals surface area contributed by atoms with Crippen molar-refractivity contribution in [2.24, 2.45) is 4.99 Å². The summed E-state index contributed by atoms with van der Waals surface area (Å²) in [7, 11) is 3.16. The molecule has 0 radical (unpaired) electrons. The van der Waals surface area contributed by atoms with Gasteiger partial charge in [-0.3, -0.25) is 4.99 Å². The van der Waals surface area contributed by atoms with Gasteiger partial charge in [0.15, 0.2) is 11.1 Å². The number of carbonyl (C=O) groups is 2. The first-order valence-corrected chi connectivity index (χ1v) is 13.3. The number of carbonyl (C=O) groups excluding carboxylic acids is 1.